The van der Waals surface area contributed by atoms with Crippen molar-refractivity contribution in [1.29, 1.82) is 0 Å². The molecule has 1 aliphatic heterocycles. The smallest absolute Gasteiger partial charge is 0.106 e. The third-order valence-electron chi connectivity index (χ3n) is 2.87. The number of anilines is 1. The fourth-order valence-electron chi connectivity index (χ4n) is 2.14. The zero-order chi connectivity index (χ0) is 10.8. The molecule has 0 radical (unpaired) electrons. The lowest BCUT2D eigenvalue weighted by molar-refractivity contribution is 0.846. The van der Waals surface area contributed by atoms with Gasteiger partial charge in [-0.1, -0.05) is 32.0 Å². The zero-order valence-corrected chi connectivity index (χ0v) is 9.70. The van der Waals surface area contributed by atoms with E-state index in [2.05, 4.69) is 55.1 Å². The molecular weight excluding hydrogens is 184 g/mol. The molecule has 1 aromatic carbocycles. The average Bonchev–Trinajstić information content (AvgIpc) is 2.39. The second-order valence-electron chi connectivity index (χ2n) is 4.33. The summed E-state index contributed by atoms with van der Waals surface area (Å²) < 4.78 is 0. The van der Waals surface area contributed by atoms with Gasteiger partial charge in [-0.15, -0.1) is 0 Å². The summed E-state index contributed by atoms with van der Waals surface area (Å²) in [7, 11) is 2.11. The number of benzene rings is 1. The van der Waals surface area contributed by atoms with Crippen molar-refractivity contribution in [3.8, 4) is 0 Å². The van der Waals surface area contributed by atoms with Gasteiger partial charge in [-0.3, -0.25) is 4.99 Å². The first-order valence-electron chi connectivity index (χ1n) is 5.56. The molecule has 0 spiro atoms. The Kier molecular flexibility index (Phi) is 2.76. The highest BCUT2D eigenvalue weighted by molar-refractivity contribution is 5.99. The first-order chi connectivity index (χ1) is 7.20. The van der Waals surface area contributed by atoms with Crippen LogP contribution in [0.15, 0.2) is 29.3 Å². The standard InChI is InChI=1S/C13H18N2/c1-10(2)13-14-9-8-11-6-4-5-7-12(11)15(13)3/h4-7,10H,8-9H2,1-3H3. The van der Waals surface area contributed by atoms with E-state index in [1.54, 1.807) is 0 Å². The van der Waals surface area contributed by atoms with Crippen molar-refractivity contribution in [3.05, 3.63) is 29.8 Å². The lowest BCUT2D eigenvalue weighted by Gasteiger charge is -2.24. The fourth-order valence-corrected chi connectivity index (χ4v) is 2.14. The summed E-state index contributed by atoms with van der Waals surface area (Å²) in [6, 6.07) is 8.58. The minimum Gasteiger partial charge on any atom is -0.333 e. The van der Waals surface area contributed by atoms with E-state index in [0.717, 1.165) is 13.0 Å². The number of amidine groups is 1. The molecule has 0 atom stereocenters. The zero-order valence-electron chi connectivity index (χ0n) is 9.70. The Labute approximate surface area is 91.6 Å². The van der Waals surface area contributed by atoms with Crippen LogP contribution in [0.2, 0.25) is 0 Å². The van der Waals surface area contributed by atoms with Gasteiger partial charge in [0.15, 0.2) is 0 Å². The maximum absolute atomic E-state index is 4.66. The molecule has 0 fully saturated rings. The van der Waals surface area contributed by atoms with Crippen LogP contribution < -0.4 is 4.90 Å². The molecule has 80 valence electrons. The molecule has 15 heavy (non-hydrogen) atoms. The maximum atomic E-state index is 4.66. The molecule has 0 saturated heterocycles. The molecular formula is C13H18N2. The van der Waals surface area contributed by atoms with Crippen molar-refractivity contribution in [2.24, 2.45) is 10.9 Å². The third-order valence-corrected chi connectivity index (χ3v) is 2.87. The SMILES string of the molecule is CC(C)C1=NCCc2ccccc2N1C. The lowest BCUT2D eigenvalue weighted by Crippen LogP contribution is -2.30. The Bertz CT molecular complexity index is 380. The van der Waals surface area contributed by atoms with Crippen molar-refractivity contribution >= 4 is 11.5 Å². The van der Waals surface area contributed by atoms with Gasteiger partial charge in [0.1, 0.15) is 5.84 Å². The molecule has 0 aliphatic carbocycles. The quantitative estimate of drug-likeness (QED) is 0.683. The van der Waals surface area contributed by atoms with E-state index in [-0.39, 0.29) is 0 Å². The van der Waals surface area contributed by atoms with E-state index < -0.39 is 0 Å². The molecule has 0 saturated carbocycles. The van der Waals surface area contributed by atoms with Crippen LogP contribution in [0.1, 0.15) is 19.4 Å². The van der Waals surface area contributed by atoms with E-state index in [9.17, 15) is 0 Å². The average molecular weight is 202 g/mol. The third kappa shape index (κ3) is 1.89. The van der Waals surface area contributed by atoms with Crippen LogP contribution in [-0.4, -0.2) is 19.4 Å². The molecule has 2 nitrogen and oxygen atoms in total. The topological polar surface area (TPSA) is 15.6 Å². The highest BCUT2D eigenvalue weighted by Crippen LogP contribution is 2.24. The Morgan fingerprint density at radius 2 is 2.00 bits per heavy atom. The number of fused-ring (bicyclic) bond motifs is 1. The Morgan fingerprint density at radius 3 is 2.73 bits per heavy atom. The Morgan fingerprint density at radius 1 is 1.27 bits per heavy atom. The highest BCUT2D eigenvalue weighted by Gasteiger charge is 2.17. The largest absolute Gasteiger partial charge is 0.333 e. The van der Waals surface area contributed by atoms with Gasteiger partial charge in [0, 0.05) is 25.2 Å². The predicted octanol–water partition coefficient (Wildman–Crippen LogP) is 2.73. The van der Waals surface area contributed by atoms with E-state index in [1.165, 1.54) is 17.1 Å². The van der Waals surface area contributed by atoms with E-state index in [4.69, 9.17) is 0 Å². The van der Waals surface area contributed by atoms with Crippen LogP contribution in [0, 0.1) is 5.92 Å². The second-order valence-corrected chi connectivity index (χ2v) is 4.33. The normalized spacial score (nSPS) is 16.0. The number of aliphatic imine (C=N–C) groups is 1. The minimum absolute atomic E-state index is 0.487. The highest BCUT2D eigenvalue weighted by atomic mass is 15.2. The summed E-state index contributed by atoms with van der Waals surface area (Å²) in [5.41, 5.74) is 2.71. The van der Waals surface area contributed by atoms with Crippen LogP contribution in [0.5, 0.6) is 0 Å². The van der Waals surface area contributed by atoms with E-state index >= 15 is 0 Å². The van der Waals surface area contributed by atoms with Gasteiger partial charge in [0.05, 0.1) is 0 Å². The summed E-state index contributed by atoms with van der Waals surface area (Å²) in [4.78, 5) is 6.89. The molecule has 1 aromatic rings. The fraction of sp³-hybridized carbons (Fsp3) is 0.462. The Balaban J connectivity index is 2.42. The molecule has 1 aliphatic rings. The molecule has 2 heteroatoms. The van der Waals surface area contributed by atoms with Crippen LogP contribution in [0.25, 0.3) is 0 Å². The summed E-state index contributed by atoms with van der Waals surface area (Å²) in [6.07, 6.45) is 1.05. The minimum atomic E-state index is 0.487. The van der Waals surface area contributed by atoms with Crippen molar-refractivity contribution in [2.45, 2.75) is 20.3 Å². The van der Waals surface area contributed by atoms with Crippen molar-refractivity contribution in [2.75, 3.05) is 18.5 Å². The van der Waals surface area contributed by atoms with Gasteiger partial charge in [-0.05, 0) is 18.1 Å². The van der Waals surface area contributed by atoms with Crippen molar-refractivity contribution in [3.63, 3.8) is 0 Å². The van der Waals surface area contributed by atoms with E-state index in [0.29, 0.717) is 5.92 Å². The molecule has 0 N–H and O–H groups in total. The van der Waals surface area contributed by atoms with Crippen LogP contribution in [0.3, 0.4) is 0 Å². The van der Waals surface area contributed by atoms with Gasteiger partial charge in [-0.25, -0.2) is 0 Å². The number of hydrogen-bond donors (Lipinski definition) is 0. The van der Waals surface area contributed by atoms with Crippen LogP contribution in [-0.2, 0) is 6.42 Å². The number of para-hydroxylation sites is 1. The second kappa shape index (κ2) is 4.05. The van der Waals surface area contributed by atoms with Crippen LogP contribution >= 0.6 is 0 Å². The van der Waals surface area contributed by atoms with Crippen molar-refractivity contribution in [1.82, 2.24) is 0 Å². The van der Waals surface area contributed by atoms with E-state index in [1.807, 2.05) is 0 Å². The molecule has 1 heterocycles. The van der Waals surface area contributed by atoms with Crippen LogP contribution in [0.4, 0.5) is 5.69 Å². The van der Waals surface area contributed by atoms with Gasteiger partial charge in [0.2, 0.25) is 0 Å². The summed E-state index contributed by atoms with van der Waals surface area (Å²) in [6.45, 7) is 5.31. The molecule has 0 aromatic heterocycles. The molecule has 0 bridgehead atoms. The number of rotatable bonds is 1. The first-order valence-corrected chi connectivity index (χ1v) is 5.56. The number of hydrogen-bond acceptors (Lipinski definition) is 2. The predicted molar refractivity (Wildman–Crippen MR) is 65.7 cm³/mol. The molecule has 0 amide bonds. The lowest BCUT2D eigenvalue weighted by atomic mass is 10.1. The summed E-state index contributed by atoms with van der Waals surface area (Å²) in [5, 5.41) is 0. The van der Waals surface area contributed by atoms with Gasteiger partial charge < -0.3 is 4.90 Å². The van der Waals surface area contributed by atoms with Crippen molar-refractivity contribution < 1.29 is 0 Å². The molecule has 0 unspecified atom stereocenters. The van der Waals surface area contributed by atoms with Gasteiger partial charge >= 0.3 is 0 Å². The number of nitrogens with zero attached hydrogens (tertiary/aromatic N) is 2. The maximum Gasteiger partial charge on any atom is 0.106 e. The summed E-state index contributed by atoms with van der Waals surface area (Å²) in [5.74, 6) is 1.68. The molecule has 2 rings (SSSR count). The first kappa shape index (κ1) is 10.2. The summed E-state index contributed by atoms with van der Waals surface area (Å²) >= 11 is 0. The Hall–Kier alpha value is -1.31. The van der Waals surface area contributed by atoms with Gasteiger partial charge in [0.25, 0.3) is 0 Å². The monoisotopic (exact) mass is 202 g/mol. The van der Waals surface area contributed by atoms with Gasteiger partial charge in [-0.2, -0.15) is 0 Å².